The van der Waals surface area contributed by atoms with Crippen LogP contribution in [0.3, 0.4) is 0 Å². The maximum absolute atomic E-state index is 12.8. The topological polar surface area (TPSA) is 84.7 Å². The fourth-order valence-electron chi connectivity index (χ4n) is 3.76. The summed E-state index contributed by atoms with van der Waals surface area (Å²) in [6.07, 6.45) is 3.17. The van der Waals surface area contributed by atoms with E-state index in [2.05, 4.69) is 5.10 Å². The van der Waals surface area contributed by atoms with Gasteiger partial charge in [0, 0.05) is 38.4 Å². The first kappa shape index (κ1) is 19.9. The molecular formula is C20H26N4O4S. The highest BCUT2D eigenvalue weighted by atomic mass is 32.2. The minimum Gasteiger partial charge on any atom is -0.492 e. The first-order valence-corrected chi connectivity index (χ1v) is 11.7. The van der Waals surface area contributed by atoms with Crippen molar-refractivity contribution in [3.8, 4) is 5.75 Å². The molecule has 0 saturated carbocycles. The zero-order chi connectivity index (χ0) is 20.3. The number of carbonyl (C=O) groups is 1. The fourth-order valence-corrected chi connectivity index (χ4v) is 5.04. The van der Waals surface area contributed by atoms with Crippen molar-refractivity contribution in [1.29, 1.82) is 0 Å². The van der Waals surface area contributed by atoms with Crippen LogP contribution in [0.2, 0.25) is 0 Å². The Kier molecular flexibility index (Phi) is 5.86. The van der Waals surface area contributed by atoms with Crippen LogP contribution >= 0.6 is 0 Å². The molecule has 4 rings (SSSR count). The number of aromatic nitrogens is 2. The van der Waals surface area contributed by atoms with Crippen molar-refractivity contribution < 1.29 is 17.9 Å². The molecule has 9 heteroatoms. The maximum atomic E-state index is 12.8. The second-order valence-corrected chi connectivity index (χ2v) is 9.46. The molecule has 29 heavy (non-hydrogen) atoms. The van der Waals surface area contributed by atoms with E-state index in [4.69, 9.17) is 4.74 Å². The molecule has 0 N–H and O–H groups in total. The maximum Gasteiger partial charge on any atom is 0.274 e. The van der Waals surface area contributed by atoms with Gasteiger partial charge < -0.3 is 9.64 Å². The van der Waals surface area contributed by atoms with Crippen LogP contribution in [0, 0.1) is 0 Å². The van der Waals surface area contributed by atoms with Gasteiger partial charge in [-0.3, -0.25) is 9.48 Å². The highest BCUT2D eigenvalue weighted by Crippen LogP contribution is 2.18. The van der Waals surface area contributed by atoms with E-state index >= 15 is 0 Å². The summed E-state index contributed by atoms with van der Waals surface area (Å²) in [6.45, 7) is 2.31. The van der Waals surface area contributed by atoms with E-state index in [1.807, 2.05) is 28.9 Å². The number of piperazine rings is 1. The Bertz CT molecular complexity index is 927. The summed E-state index contributed by atoms with van der Waals surface area (Å²) in [5.41, 5.74) is 1.58. The molecule has 2 aliphatic heterocycles. The summed E-state index contributed by atoms with van der Waals surface area (Å²) >= 11 is 0. The van der Waals surface area contributed by atoms with Crippen LogP contribution in [-0.2, 0) is 23.0 Å². The average Bonchev–Trinajstić information content (AvgIpc) is 3.18. The molecule has 2 aliphatic rings. The van der Waals surface area contributed by atoms with Crippen LogP contribution in [0.15, 0.2) is 36.4 Å². The molecule has 1 amide bonds. The number of aryl methyl sites for hydroxylation is 2. The number of ether oxygens (including phenoxy) is 1. The quantitative estimate of drug-likeness (QED) is 0.708. The predicted octanol–water partition coefficient (Wildman–Crippen LogP) is 1.39. The molecule has 1 saturated heterocycles. The molecule has 0 unspecified atom stereocenters. The van der Waals surface area contributed by atoms with Gasteiger partial charge in [-0.15, -0.1) is 0 Å². The molecule has 8 nitrogen and oxygen atoms in total. The third kappa shape index (κ3) is 4.62. The third-order valence-electron chi connectivity index (χ3n) is 5.41. The standard InChI is InChI=1S/C20H26N4O4S/c25-20(19-16-17-6-4-5-9-24(17)21-19)22-10-12-23(13-11-22)29(26,27)15-14-28-18-7-2-1-3-8-18/h1-3,7-8,16H,4-6,9-15H2. The highest BCUT2D eigenvalue weighted by Gasteiger charge is 2.30. The second kappa shape index (κ2) is 8.54. The molecule has 0 spiro atoms. The number of hydrogen-bond donors (Lipinski definition) is 0. The van der Waals surface area contributed by atoms with Gasteiger partial charge in [0.1, 0.15) is 12.4 Å². The predicted molar refractivity (Wildman–Crippen MR) is 108 cm³/mol. The molecule has 0 bridgehead atoms. The number of benzene rings is 1. The van der Waals surface area contributed by atoms with Gasteiger partial charge in [0.15, 0.2) is 5.69 Å². The molecule has 1 aromatic carbocycles. The lowest BCUT2D eigenvalue weighted by Gasteiger charge is -2.33. The zero-order valence-electron chi connectivity index (χ0n) is 16.4. The summed E-state index contributed by atoms with van der Waals surface area (Å²) in [6, 6.07) is 11.0. The van der Waals surface area contributed by atoms with E-state index in [1.165, 1.54) is 4.31 Å². The second-order valence-electron chi connectivity index (χ2n) is 7.37. The number of fused-ring (bicyclic) bond motifs is 1. The lowest BCUT2D eigenvalue weighted by Crippen LogP contribution is -2.51. The molecule has 1 fully saturated rings. The van der Waals surface area contributed by atoms with Crippen LogP contribution in [0.1, 0.15) is 29.0 Å². The number of hydrogen-bond acceptors (Lipinski definition) is 5. The van der Waals surface area contributed by atoms with Crippen molar-refractivity contribution in [2.24, 2.45) is 0 Å². The Labute approximate surface area is 171 Å². The summed E-state index contributed by atoms with van der Waals surface area (Å²) in [5.74, 6) is 0.459. The Morgan fingerprint density at radius 2 is 1.79 bits per heavy atom. The molecule has 3 heterocycles. The third-order valence-corrected chi connectivity index (χ3v) is 7.24. The van der Waals surface area contributed by atoms with Crippen LogP contribution in [0.25, 0.3) is 0 Å². The molecule has 0 radical (unpaired) electrons. The van der Waals surface area contributed by atoms with Gasteiger partial charge in [0.2, 0.25) is 10.0 Å². The van der Waals surface area contributed by atoms with Crippen LogP contribution in [0.5, 0.6) is 5.75 Å². The molecule has 1 aromatic heterocycles. The Morgan fingerprint density at radius 1 is 1.03 bits per heavy atom. The van der Waals surface area contributed by atoms with Crippen molar-refractivity contribution >= 4 is 15.9 Å². The highest BCUT2D eigenvalue weighted by molar-refractivity contribution is 7.89. The van der Waals surface area contributed by atoms with Crippen LogP contribution < -0.4 is 4.74 Å². The number of carbonyl (C=O) groups excluding carboxylic acids is 1. The smallest absolute Gasteiger partial charge is 0.274 e. The van der Waals surface area contributed by atoms with Crippen molar-refractivity contribution in [2.75, 3.05) is 38.5 Å². The average molecular weight is 419 g/mol. The van der Waals surface area contributed by atoms with E-state index in [9.17, 15) is 13.2 Å². The van der Waals surface area contributed by atoms with Crippen molar-refractivity contribution in [3.05, 3.63) is 47.8 Å². The van der Waals surface area contributed by atoms with Gasteiger partial charge in [0.25, 0.3) is 5.91 Å². The zero-order valence-corrected chi connectivity index (χ0v) is 17.2. The van der Waals surface area contributed by atoms with Crippen molar-refractivity contribution in [1.82, 2.24) is 19.0 Å². The summed E-state index contributed by atoms with van der Waals surface area (Å²) < 4.78 is 34.0. The molecule has 2 aromatic rings. The summed E-state index contributed by atoms with van der Waals surface area (Å²) in [5, 5.41) is 4.44. The minimum atomic E-state index is -3.42. The number of sulfonamides is 1. The Morgan fingerprint density at radius 3 is 2.52 bits per heavy atom. The van der Waals surface area contributed by atoms with Gasteiger partial charge in [-0.25, -0.2) is 8.42 Å². The fraction of sp³-hybridized carbons (Fsp3) is 0.500. The largest absolute Gasteiger partial charge is 0.492 e. The lowest BCUT2D eigenvalue weighted by atomic mass is 10.1. The SMILES string of the molecule is O=C(c1cc2n(n1)CCCC2)N1CCN(S(=O)(=O)CCOc2ccccc2)CC1. The first-order valence-electron chi connectivity index (χ1n) is 10.0. The van der Waals surface area contributed by atoms with Gasteiger partial charge in [-0.1, -0.05) is 18.2 Å². The molecular weight excluding hydrogens is 392 g/mol. The van der Waals surface area contributed by atoms with E-state index < -0.39 is 10.0 Å². The van der Waals surface area contributed by atoms with E-state index in [-0.39, 0.29) is 18.3 Å². The van der Waals surface area contributed by atoms with E-state index in [0.29, 0.717) is 37.6 Å². The van der Waals surface area contributed by atoms with Gasteiger partial charge in [-0.05, 0) is 37.5 Å². The minimum absolute atomic E-state index is 0.0798. The van der Waals surface area contributed by atoms with Crippen molar-refractivity contribution in [3.63, 3.8) is 0 Å². The summed E-state index contributed by atoms with van der Waals surface area (Å²) in [4.78, 5) is 14.5. The monoisotopic (exact) mass is 418 g/mol. The first-order chi connectivity index (χ1) is 14.0. The number of amides is 1. The number of nitrogens with zero attached hydrogens (tertiary/aromatic N) is 4. The number of rotatable bonds is 6. The van der Waals surface area contributed by atoms with Crippen molar-refractivity contribution in [2.45, 2.75) is 25.8 Å². The van der Waals surface area contributed by atoms with Crippen LogP contribution in [0.4, 0.5) is 0 Å². The Balaban J connectivity index is 1.29. The van der Waals surface area contributed by atoms with Gasteiger partial charge in [-0.2, -0.15) is 9.40 Å². The van der Waals surface area contributed by atoms with Gasteiger partial charge in [0.05, 0.1) is 5.75 Å². The molecule has 0 aliphatic carbocycles. The number of para-hydroxylation sites is 1. The van der Waals surface area contributed by atoms with Gasteiger partial charge >= 0.3 is 0 Å². The lowest BCUT2D eigenvalue weighted by molar-refractivity contribution is 0.0690. The van der Waals surface area contributed by atoms with E-state index in [0.717, 1.165) is 31.5 Å². The Hall–Kier alpha value is -2.39. The van der Waals surface area contributed by atoms with E-state index in [1.54, 1.807) is 17.0 Å². The molecule has 156 valence electrons. The van der Waals surface area contributed by atoms with Crippen LogP contribution in [-0.4, -0.2) is 71.8 Å². The molecule has 0 atom stereocenters. The normalized spacial score (nSPS) is 17.7. The summed E-state index contributed by atoms with van der Waals surface area (Å²) in [7, 11) is -3.42.